The highest BCUT2D eigenvalue weighted by molar-refractivity contribution is 7.89. The van der Waals surface area contributed by atoms with Gasteiger partial charge in [0, 0.05) is 16.1 Å². The van der Waals surface area contributed by atoms with E-state index in [4.69, 9.17) is 16.3 Å². The van der Waals surface area contributed by atoms with E-state index < -0.39 is 27.4 Å². The maximum atomic E-state index is 17.5. The Bertz CT molecular complexity index is 7960. The molecule has 4 aliphatic carbocycles. The van der Waals surface area contributed by atoms with Crippen LogP contribution in [0.5, 0.6) is 0 Å². The monoisotopic (exact) mass is 1030 g/mol. The van der Waals surface area contributed by atoms with Crippen molar-refractivity contribution in [2.75, 3.05) is 0 Å². The first-order chi connectivity index (χ1) is 39.5. The van der Waals surface area contributed by atoms with Crippen LogP contribution >= 0.6 is 11.6 Å². The van der Waals surface area contributed by atoms with Gasteiger partial charge in [0.25, 0.3) is 0 Å². The quantitative estimate of drug-likeness (QED) is 0.166. The van der Waals surface area contributed by atoms with Crippen LogP contribution in [0.15, 0.2) is 53.4 Å². The fraction of sp³-hybridized carbons (Fsp3) is 0.0541. The van der Waals surface area contributed by atoms with Crippen molar-refractivity contribution in [2.45, 2.75) is 29.2 Å². The van der Waals surface area contributed by atoms with Gasteiger partial charge in [-0.3, -0.25) is 0 Å². The first-order valence-electron chi connectivity index (χ1n) is 28.8. The third kappa shape index (κ3) is 1.86. The number of sulfonamides is 1. The topological polar surface area (TPSA) is 46.6 Å². The van der Waals surface area contributed by atoms with Crippen LogP contribution in [-0.4, -0.2) is 12.7 Å². The second-order valence-corrected chi connectivity index (χ2v) is 30.0. The summed E-state index contributed by atoms with van der Waals surface area (Å²) in [5.41, 5.74) is 4.16. The van der Waals surface area contributed by atoms with E-state index in [2.05, 4.69) is 19.1 Å². The van der Waals surface area contributed by atoms with E-state index in [1.54, 1.807) is 53.9 Å². The van der Waals surface area contributed by atoms with Gasteiger partial charge < -0.3 is 4.74 Å². The predicted molar refractivity (Wildman–Crippen MR) is 329 cm³/mol. The molecule has 0 aromatic heterocycles. The molecule has 4 nitrogen and oxygen atoms in total. The fourth-order valence-electron chi connectivity index (χ4n) is 26.1. The normalized spacial score (nSPS) is 22.6. The molecule has 0 radical (unpaired) electrons. The number of benzene rings is 20. The molecular weight excluding hydrogens is 1020 g/mol. The molecule has 0 saturated carbocycles. The maximum absolute atomic E-state index is 17.5. The second kappa shape index (κ2) is 7.57. The van der Waals surface area contributed by atoms with Crippen LogP contribution in [0, 0.1) is 6.92 Å². The van der Waals surface area contributed by atoms with Crippen LogP contribution < -0.4 is 0 Å². The summed E-state index contributed by atoms with van der Waals surface area (Å²) in [7, 11) is -4.43. The molecule has 1 unspecified atom stereocenters. The Hall–Kier alpha value is -8.94. The van der Waals surface area contributed by atoms with Gasteiger partial charge in [-0.15, -0.1) is 4.31 Å². The summed E-state index contributed by atoms with van der Waals surface area (Å²) in [4.78, 5) is 0.306. The molecule has 30 aromatic carbocycles. The lowest BCUT2D eigenvalue weighted by molar-refractivity contribution is -0.0358. The van der Waals surface area contributed by atoms with Crippen LogP contribution in [0.2, 0.25) is 5.02 Å². The van der Waals surface area contributed by atoms with Crippen LogP contribution in [0.1, 0.15) is 39.6 Å². The molecule has 0 N–H and O–H groups in total. The van der Waals surface area contributed by atoms with Gasteiger partial charge >= 0.3 is 0 Å². The molecule has 1 aliphatic heterocycles. The van der Waals surface area contributed by atoms with Gasteiger partial charge in [-0.1, -0.05) is 41.4 Å². The molecule has 1 atom stereocenters. The highest BCUT2D eigenvalue weighted by atomic mass is 35.5. The Balaban J connectivity index is 1.06. The van der Waals surface area contributed by atoms with Crippen molar-refractivity contribution in [2.24, 2.45) is 0 Å². The average molecular weight is 1030 g/mol. The standard InChI is InChI=1S/C74H12ClNO3S/c1-10-2-8-13(9-3-10)80(77,78)76-72(11-4-6-12(75)7-5-11)79-74-70-64-58-48-36-28-20-16-14-15-18-22(20)30(36)40-34-26(18)27-19(15)23-21-17(14)25-24(16)32-38(28)46-52-42(32)43-33(25)39-29(21)37-31(23)41-35(27)45-44(34)56(50(40)58)66(70)67-57(45)51(41)59-49(37)55-47(39)53(43)61-60(52)68(62(64)54(46)48)73(74,76)69(61)63(55)65(59)71(67)74/h2-9,72H,1H3. The van der Waals surface area contributed by atoms with Crippen molar-refractivity contribution in [3.05, 3.63) is 86.9 Å². The lowest BCUT2D eigenvalue weighted by Crippen LogP contribution is -2.57. The number of nitrogens with zero attached hydrogens (tertiary/aromatic N) is 1. The molecule has 5 aliphatic rings. The minimum absolute atomic E-state index is 0.306. The summed E-state index contributed by atoms with van der Waals surface area (Å²) in [5.74, 6) is 0. The zero-order valence-corrected chi connectivity index (χ0v) is 42.2. The predicted octanol–water partition coefficient (Wildman–Crippen LogP) is 19.6. The highest BCUT2D eigenvalue weighted by Gasteiger charge is 2.79. The minimum Gasteiger partial charge on any atom is -0.339 e. The fourth-order valence-corrected chi connectivity index (χ4v) is 28.0. The van der Waals surface area contributed by atoms with Gasteiger partial charge in [0.2, 0.25) is 10.0 Å². The van der Waals surface area contributed by atoms with E-state index in [0.717, 1.165) is 11.1 Å². The van der Waals surface area contributed by atoms with Gasteiger partial charge in [0.05, 0.1) is 4.90 Å². The third-order valence-corrected chi connectivity index (χ3v) is 28.9. The molecule has 0 bridgehead atoms. The number of rotatable bonds is 3. The highest BCUT2D eigenvalue weighted by Crippen LogP contribution is 2.87. The Labute approximate surface area is 443 Å². The van der Waals surface area contributed by atoms with E-state index in [0.29, 0.717) is 9.92 Å². The first kappa shape index (κ1) is 32.2. The molecule has 1 saturated heterocycles. The van der Waals surface area contributed by atoms with Crippen molar-refractivity contribution < 1.29 is 13.2 Å². The largest absolute Gasteiger partial charge is 0.339 e. The van der Waals surface area contributed by atoms with Crippen molar-refractivity contribution >= 4 is 312 Å². The van der Waals surface area contributed by atoms with Crippen molar-refractivity contribution in [1.29, 1.82) is 0 Å². The molecule has 344 valence electrons. The van der Waals surface area contributed by atoms with Gasteiger partial charge in [-0.2, -0.15) is 0 Å². The second-order valence-electron chi connectivity index (χ2n) is 27.8. The summed E-state index contributed by atoms with van der Waals surface area (Å²) in [6.45, 7) is 2.06. The van der Waals surface area contributed by atoms with Crippen molar-refractivity contribution in [3.63, 3.8) is 0 Å². The lowest BCUT2D eigenvalue weighted by atomic mass is 9.60. The van der Waals surface area contributed by atoms with E-state index in [1.807, 2.05) is 40.7 Å². The minimum atomic E-state index is -4.43. The number of aryl methyl sites for hydroxylation is 1. The molecule has 1 heterocycles. The molecule has 1 fully saturated rings. The van der Waals surface area contributed by atoms with E-state index in [9.17, 15) is 0 Å². The van der Waals surface area contributed by atoms with Crippen LogP contribution in [0.3, 0.4) is 0 Å². The van der Waals surface area contributed by atoms with E-state index in [1.165, 1.54) is 259 Å². The van der Waals surface area contributed by atoms with Gasteiger partial charge in [0.15, 0.2) is 11.8 Å². The molecule has 6 heteroatoms. The van der Waals surface area contributed by atoms with E-state index >= 15 is 8.42 Å². The van der Waals surface area contributed by atoms with Crippen molar-refractivity contribution in [1.82, 2.24) is 4.31 Å². The molecular formula is C74H12ClNO3S. The third-order valence-electron chi connectivity index (χ3n) is 26.8. The molecule has 0 amide bonds. The SMILES string of the molecule is Cc1ccc(S(=O)(=O)N2C(c3ccc(Cl)cc3)OC34c5c6c7c8c9c%10c(c%11c%12c3c3c5c5c%13c6c6c7c7c9c9c%14c%10c%10c%11c%11c%12c%12c3c3c5c5c%13c%13c6c6c7c9c7c9c%14c%10c%10c%11c%11c%12c3c3c5c5c%13c6c7c6c9c%10c%11c3c56)C824)cc1. The zero-order chi connectivity index (χ0) is 48.8. The lowest BCUT2D eigenvalue weighted by Gasteiger charge is -2.50. The van der Waals surface area contributed by atoms with Gasteiger partial charge in [-0.05, 0) is 339 Å². The first-order valence-corrected chi connectivity index (χ1v) is 30.6. The van der Waals surface area contributed by atoms with Gasteiger partial charge in [-0.25, -0.2) is 8.42 Å². The Morgan fingerprint density at radius 3 is 0.800 bits per heavy atom. The van der Waals surface area contributed by atoms with Gasteiger partial charge in [0.1, 0.15) is 5.54 Å². The Morgan fingerprint density at radius 1 is 0.325 bits per heavy atom. The summed E-state index contributed by atoms with van der Waals surface area (Å²) in [5, 5.41) is 80.0. The molecule has 30 aromatic rings. The average Bonchev–Trinajstić information content (AvgIpc) is 1.41. The summed E-state index contributed by atoms with van der Waals surface area (Å²) >= 11 is 6.89. The summed E-state index contributed by atoms with van der Waals surface area (Å²) in [6.07, 6.45) is -1.00. The molecule has 2 spiro atoms. The maximum Gasteiger partial charge on any atom is 0.246 e. The smallest absolute Gasteiger partial charge is 0.246 e. The zero-order valence-electron chi connectivity index (χ0n) is 40.7. The van der Waals surface area contributed by atoms with Crippen LogP contribution in [0.25, 0.3) is 291 Å². The number of hydrogen-bond donors (Lipinski definition) is 0. The van der Waals surface area contributed by atoms with Crippen LogP contribution in [0.4, 0.5) is 0 Å². The number of halogens is 1. The molecule has 80 heavy (non-hydrogen) atoms. The summed E-state index contributed by atoms with van der Waals surface area (Å²) < 4.78 is 46.0. The molecule has 35 rings (SSSR count). The van der Waals surface area contributed by atoms with Crippen LogP contribution in [-0.2, 0) is 25.9 Å². The number of ether oxygens (including phenoxy) is 1. The Kier molecular flexibility index (Phi) is 3.05. The summed E-state index contributed by atoms with van der Waals surface area (Å²) in [6, 6.07) is 15.7. The Morgan fingerprint density at radius 2 is 0.550 bits per heavy atom. The van der Waals surface area contributed by atoms with E-state index in [-0.39, 0.29) is 0 Å². The van der Waals surface area contributed by atoms with Crippen molar-refractivity contribution in [3.8, 4) is 0 Å². The number of hydrogen-bond acceptors (Lipinski definition) is 3.